The molecule has 0 rings (SSSR count). The topological polar surface area (TPSA) is 33.3 Å². The molecule has 0 aromatic rings. The molecule has 0 radical (unpaired) electrons. The summed E-state index contributed by atoms with van der Waals surface area (Å²) in [6.07, 6.45) is 34.0. The standard InChI is InChI=1S/C34H72N2O.2BrH/c1-5-7-9-11-13-15-17-19-21-23-25-27-29-35-31-32-37-33-34(3,4)36-30-28-26-24-22-20-18-16-14-12-10-8-6-2;;/h35-36H,5-33H2,1-4H3;2*1H. The molecule has 0 spiro atoms. The lowest BCUT2D eigenvalue weighted by Gasteiger charge is -2.26. The summed E-state index contributed by atoms with van der Waals surface area (Å²) >= 11 is 0. The van der Waals surface area contributed by atoms with E-state index < -0.39 is 0 Å². The van der Waals surface area contributed by atoms with E-state index in [0.717, 1.165) is 32.8 Å². The molecule has 0 amide bonds. The molecule has 2 N–H and O–H groups in total. The molecule has 0 aliphatic heterocycles. The molecule has 0 saturated heterocycles. The Balaban J connectivity index is -0.00000648. The van der Waals surface area contributed by atoms with Crippen LogP contribution >= 0.6 is 34.0 Å². The Kier molecular flexibility index (Phi) is 41.9. The highest BCUT2D eigenvalue weighted by atomic mass is 79.9. The second-order valence-electron chi connectivity index (χ2n) is 12.4. The average Bonchev–Trinajstić information content (AvgIpc) is 2.88. The monoisotopic (exact) mass is 684 g/mol. The third-order valence-corrected chi connectivity index (χ3v) is 7.73. The zero-order chi connectivity index (χ0) is 27.1. The van der Waals surface area contributed by atoms with Gasteiger partial charge >= 0.3 is 0 Å². The summed E-state index contributed by atoms with van der Waals surface area (Å²) in [5.41, 5.74) is 0.0767. The van der Waals surface area contributed by atoms with Crippen LogP contribution in [0.25, 0.3) is 0 Å². The predicted octanol–water partition coefficient (Wildman–Crippen LogP) is 11.5. The fraction of sp³-hybridized carbons (Fsp3) is 1.00. The zero-order valence-electron chi connectivity index (χ0n) is 27.2. The summed E-state index contributed by atoms with van der Waals surface area (Å²) in [6.45, 7) is 14.0. The number of nitrogens with one attached hydrogen (secondary N) is 2. The van der Waals surface area contributed by atoms with E-state index in [9.17, 15) is 0 Å². The molecule has 0 aliphatic rings. The fourth-order valence-electron chi connectivity index (χ4n) is 5.13. The Bertz CT molecular complexity index is 424. The molecule has 240 valence electrons. The number of hydrogen-bond acceptors (Lipinski definition) is 3. The van der Waals surface area contributed by atoms with Crippen LogP contribution in [0.1, 0.15) is 182 Å². The maximum atomic E-state index is 5.95. The van der Waals surface area contributed by atoms with Crippen molar-refractivity contribution in [3.8, 4) is 0 Å². The number of ether oxygens (including phenoxy) is 1. The Hall–Kier alpha value is 0.840. The van der Waals surface area contributed by atoms with Gasteiger partial charge in [0.05, 0.1) is 13.2 Å². The summed E-state index contributed by atoms with van der Waals surface area (Å²) in [7, 11) is 0. The van der Waals surface area contributed by atoms with E-state index >= 15 is 0 Å². The van der Waals surface area contributed by atoms with Crippen molar-refractivity contribution >= 4 is 34.0 Å². The van der Waals surface area contributed by atoms with Gasteiger partial charge in [0.25, 0.3) is 0 Å². The van der Waals surface area contributed by atoms with E-state index in [1.54, 1.807) is 0 Å². The second-order valence-corrected chi connectivity index (χ2v) is 12.4. The highest BCUT2D eigenvalue weighted by Crippen LogP contribution is 2.13. The lowest BCUT2D eigenvalue weighted by Crippen LogP contribution is -2.44. The van der Waals surface area contributed by atoms with Crippen molar-refractivity contribution in [2.75, 3.05) is 32.8 Å². The predicted molar refractivity (Wildman–Crippen MR) is 189 cm³/mol. The van der Waals surface area contributed by atoms with Gasteiger partial charge in [-0.25, -0.2) is 0 Å². The molecule has 39 heavy (non-hydrogen) atoms. The van der Waals surface area contributed by atoms with Crippen LogP contribution in [0.3, 0.4) is 0 Å². The van der Waals surface area contributed by atoms with Gasteiger partial charge in [-0.2, -0.15) is 0 Å². The summed E-state index contributed by atoms with van der Waals surface area (Å²) in [4.78, 5) is 0. The number of unbranched alkanes of at least 4 members (excludes halogenated alkanes) is 22. The third-order valence-electron chi connectivity index (χ3n) is 7.73. The van der Waals surface area contributed by atoms with Crippen molar-refractivity contribution in [2.24, 2.45) is 0 Å². The SMILES string of the molecule is Br.Br.CCCCCCCCCCCCCCNCCOCC(C)(C)NCCCCCCCCCCCCCC. The van der Waals surface area contributed by atoms with Crippen LogP contribution in [0.5, 0.6) is 0 Å². The number of halogens is 2. The minimum atomic E-state index is 0. The van der Waals surface area contributed by atoms with Crippen molar-refractivity contribution in [3.63, 3.8) is 0 Å². The smallest absolute Gasteiger partial charge is 0.0643 e. The van der Waals surface area contributed by atoms with Crippen LogP contribution in [0.2, 0.25) is 0 Å². The van der Waals surface area contributed by atoms with Gasteiger partial charge in [0.1, 0.15) is 0 Å². The highest BCUT2D eigenvalue weighted by Gasteiger charge is 2.16. The summed E-state index contributed by atoms with van der Waals surface area (Å²) < 4.78 is 5.95. The maximum absolute atomic E-state index is 5.95. The molecule has 0 atom stereocenters. The molecule has 0 bridgehead atoms. The molecule has 0 heterocycles. The van der Waals surface area contributed by atoms with E-state index in [1.807, 2.05) is 0 Å². The van der Waals surface area contributed by atoms with Gasteiger partial charge in [0.2, 0.25) is 0 Å². The molecule has 0 saturated carbocycles. The van der Waals surface area contributed by atoms with Crippen LogP contribution in [0.15, 0.2) is 0 Å². The van der Waals surface area contributed by atoms with Crippen LogP contribution in [-0.4, -0.2) is 38.4 Å². The van der Waals surface area contributed by atoms with Gasteiger partial charge in [-0.15, -0.1) is 34.0 Å². The van der Waals surface area contributed by atoms with Gasteiger partial charge in [0, 0.05) is 12.1 Å². The molecular formula is C34H74Br2N2O. The van der Waals surface area contributed by atoms with Gasteiger partial charge in [-0.3, -0.25) is 0 Å². The molecule has 0 unspecified atom stereocenters. The van der Waals surface area contributed by atoms with E-state index in [2.05, 4.69) is 38.3 Å². The maximum Gasteiger partial charge on any atom is 0.0643 e. The van der Waals surface area contributed by atoms with E-state index in [0.29, 0.717) is 0 Å². The van der Waals surface area contributed by atoms with Crippen molar-refractivity contribution in [2.45, 2.75) is 187 Å². The average molecular weight is 687 g/mol. The molecule has 0 aromatic heterocycles. The lowest BCUT2D eigenvalue weighted by molar-refractivity contribution is 0.0841. The van der Waals surface area contributed by atoms with Crippen LogP contribution in [0, 0.1) is 0 Å². The van der Waals surface area contributed by atoms with Crippen LogP contribution < -0.4 is 10.6 Å². The normalized spacial score (nSPS) is 11.4. The Labute approximate surface area is 268 Å². The molecule has 0 aliphatic carbocycles. The van der Waals surface area contributed by atoms with E-state index in [1.165, 1.54) is 154 Å². The zero-order valence-corrected chi connectivity index (χ0v) is 30.7. The summed E-state index contributed by atoms with van der Waals surface area (Å²) in [5, 5.41) is 7.26. The lowest BCUT2D eigenvalue weighted by atomic mass is 10.0. The highest BCUT2D eigenvalue weighted by molar-refractivity contribution is 8.93. The first-order chi connectivity index (χ1) is 18.1. The van der Waals surface area contributed by atoms with Crippen LogP contribution in [0.4, 0.5) is 0 Å². The Morgan fingerprint density at radius 3 is 1.15 bits per heavy atom. The quantitative estimate of drug-likeness (QED) is 0.0691. The Morgan fingerprint density at radius 2 is 0.769 bits per heavy atom. The molecule has 0 fully saturated rings. The Morgan fingerprint density at radius 1 is 0.436 bits per heavy atom. The molecule has 5 heteroatoms. The first-order valence-corrected chi connectivity index (χ1v) is 17.2. The number of hydrogen-bond donors (Lipinski definition) is 2. The van der Waals surface area contributed by atoms with Crippen molar-refractivity contribution in [3.05, 3.63) is 0 Å². The van der Waals surface area contributed by atoms with Gasteiger partial charge in [0.15, 0.2) is 0 Å². The first kappa shape index (κ1) is 44.3. The largest absolute Gasteiger partial charge is 0.378 e. The van der Waals surface area contributed by atoms with Gasteiger partial charge < -0.3 is 15.4 Å². The van der Waals surface area contributed by atoms with Gasteiger partial charge in [-0.1, -0.05) is 155 Å². The number of rotatable bonds is 32. The summed E-state index contributed by atoms with van der Waals surface area (Å²) in [6, 6.07) is 0. The fourth-order valence-corrected chi connectivity index (χ4v) is 5.13. The van der Waals surface area contributed by atoms with Crippen molar-refractivity contribution in [1.29, 1.82) is 0 Å². The third kappa shape index (κ3) is 38.8. The van der Waals surface area contributed by atoms with E-state index in [4.69, 9.17) is 4.74 Å². The minimum absolute atomic E-state index is 0. The minimum Gasteiger partial charge on any atom is -0.378 e. The van der Waals surface area contributed by atoms with E-state index in [-0.39, 0.29) is 39.5 Å². The van der Waals surface area contributed by atoms with Crippen molar-refractivity contribution in [1.82, 2.24) is 10.6 Å². The van der Waals surface area contributed by atoms with Gasteiger partial charge in [-0.05, 0) is 39.8 Å². The molecule has 0 aromatic carbocycles. The van der Waals surface area contributed by atoms with Crippen molar-refractivity contribution < 1.29 is 4.74 Å². The summed E-state index contributed by atoms with van der Waals surface area (Å²) in [5.74, 6) is 0. The first-order valence-electron chi connectivity index (χ1n) is 17.2. The molecule has 3 nitrogen and oxygen atoms in total. The molecular weight excluding hydrogens is 612 g/mol. The van der Waals surface area contributed by atoms with Crippen LogP contribution in [-0.2, 0) is 4.74 Å². The second kappa shape index (κ2) is 36.9.